The average molecular weight is 205 g/mol. The Hall–Kier alpha value is -1.65. The van der Waals surface area contributed by atoms with E-state index >= 15 is 0 Å². The maximum atomic E-state index is 11.6. The number of nitrogens with zero attached hydrogens (tertiary/aromatic N) is 3. The number of ketones is 1. The van der Waals surface area contributed by atoms with E-state index in [1.165, 1.54) is 0 Å². The zero-order valence-electron chi connectivity index (χ0n) is 8.43. The van der Waals surface area contributed by atoms with Gasteiger partial charge in [0.1, 0.15) is 12.3 Å². The number of ether oxygens (including phenoxy) is 1. The average Bonchev–Trinajstić information content (AvgIpc) is 2.26. The van der Waals surface area contributed by atoms with Crippen LogP contribution in [0, 0.1) is 0 Å². The molecule has 0 aliphatic carbocycles. The topological polar surface area (TPSA) is 55.3 Å². The summed E-state index contributed by atoms with van der Waals surface area (Å²) in [7, 11) is 0. The minimum absolute atomic E-state index is 0.0632. The van der Waals surface area contributed by atoms with Gasteiger partial charge in [0.25, 0.3) is 0 Å². The second-order valence-electron chi connectivity index (χ2n) is 3.93. The van der Waals surface area contributed by atoms with E-state index < -0.39 is 0 Å². The zero-order valence-corrected chi connectivity index (χ0v) is 8.43. The third kappa shape index (κ3) is 1.12. The van der Waals surface area contributed by atoms with Crippen LogP contribution in [0.3, 0.4) is 0 Å². The molecular weight excluding hydrogens is 194 g/mol. The lowest BCUT2D eigenvalue weighted by Gasteiger charge is -2.39. The van der Waals surface area contributed by atoms with Crippen molar-refractivity contribution in [3.8, 4) is 5.75 Å². The Bertz CT molecular complexity index is 433. The summed E-state index contributed by atoms with van der Waals surface area (Å²) in [6, 6.07) is 0.300. The molecule has 1 unspecified atom stereocenters. The molecule has 0 fully saturated rings. The van der Waals surface area contributed by atoms with Gasteiger partial charge in [-0.05, 0) is 6.92 Å². The fourth-order valence-corrected chi connectivity index (χ4v) is 2.13. The van der Waals surface area contributed by atoms with Gasteiger partial charge in [-0.2, -0.15) is 5.10 Å². The van der Waals surface area contributed by atoms with Gasteiger partial charge in [-0.3, -0.25) is 4.79 Å². The first kappa shape index (κ1) is 8.64. The van der Waals surface area contributed by atoms with Gasteiger partial charge >= 0.3 is 0 Å². The molecule has 3 rings (SSSR count). The molecule has 15 heavy (non-hydrogen) atoms. The molecule has 0 aromatic carbocycles. The minimum atomic E-state index is 0.0632. The highest BCUT2D eigenvalue weighted by atomic mass is 16.5. The van der Waals surface area contributed by atoms with E-state index in [2.05, 4.69) is 22.0 Å². The predicted octanol–water partition coefficient (Wildman–Crippen LogP) is 0.650. The highest BCUT2D eigenvalue weighted by Gasteiger charge is 2.34. The summed E-state index contributed by atoms with van der Waals surface area (Å²) in [5.74, 6) is 0.749. The monoisotopic (exact) mass is 205 g/mol. The molecule has 0 radical (unpaired) electrons. The SMILES string of the molecule is CC1COc2cnnc3c2N1CCC3=O. The Morgan fingerprint density at radius 2 is 2.47 bits per heavy atom. The van der Waals surface area contributed by atoms with Crippen LogP contribution in [-0.2, 0) is 0 Å². The lowest BCUT2D eigenvalue weighted by molar-refractivity contribution is 0.0968. The Morgan fingerprint density at radius 3 is 3.33 bits per heavy atom. The van der Waals surface area contributed by atoms with Crippen LogP contribution in [0.1, 0.15) is 23.8 Å². The van der Waals surface area contributed by atoms with Crippen LogP contribution in [0.15, 0.2) is 6.20 Å². The Kier molecular flexibility index (Phi) is 1.68. The van der Waals surface area contributed by atoms with Crippen LogP contribution in [-0.4, -0.2) is 35.2 Å². The fourth-order valence-electron chi connectivity index (χ4n) is 2.13. The molecule has 2 aliphatic heterocycles. The number of Topliss-reactive ketones (excluding diaryl/α,β-unsaturated/α-hetero) is 1. The Balaban J connectivity index is 2.22. The second kappa shape index (κ2) is 2.92. The number of hydrogen-bond acceptors (Lipinski definition) is 5. The number of rotatable bonds is 0. The van der Waals surface area contributed by atoms with Crippen LogP contribution in [0.4, 0.5) is 5.69 Å². The van der Waals surface area contributed by atoms with Crippen molar-refractivity contribution in [3.05, 3.63) is 11.9 Å². The molecule has 0 saturated carbocycles. The van der Waals surface area contributed by atoms with Crippen molar-refractivity contribution in [1.82, 2.24) is 10.2 Å². The lowest BCUT2D eigenvalue weighted by atomic mass is 10.0. The first-order valence-corrected chi connectivity index (χ1v) is 5.05. The fraction of sp³-hybridized carbons (Fsp3) is 0.500. The number of hydrogen-bond donors (Lipinski definition) is 0. The quantitative estimate of drug-likeness (QED) is 0.622. The zero-order chi connectivity index (χ0) is 10.4. The molecule has 0 spiro atoms. The van der Waals surface area contributed by atoms with E-state index in [-0.39, 0.29) is 5.78 Å². The molecule has 5 heteroatoms. The molecule has 5 nitrogen and oxygen atoms in total. The van der Waals surface area contributed by atoms with Crippen molar-refractivity contribution >= 4 is 11.5 Å². The van der Waals surface area contributed by atoms with Gasteiger partial charge in [-0.25, -0.2) is 0 Å². The normalized spacial score (nSPS) is 23.4. The minimum Gasteiger partial charge on any atom is -0.487 e. The predicted molar refractivity (Wildman–Crippen MR) is 53.3 cm³/mol. The summed E-state index contributed by atoms with van der Waals surface area (Å²) in [5.41, 5.74) is 1.30. The third-order valence-corrected chi connectivity index (χ3v) is 2.93. The Morgan fingerprint density at radius 1 is 1.60 bits per heavy atom. The van der Waals surface area contributed by atoms with Gasteiger partial charge < -0.3 is 9.64 Å². The van der Waals surface area contributed by atoms with E-state index in [0.717, 1.165) is 12.2 Å². The van der Waals surface area contributed by atoms with Crippen LogP contribution in [0.2, 0.25) is 0 Å². The van der Waals surface area contributed by atoms with Gasteiger partial charge in [0, 0.05) is 13.0 Å². The van der Waals surface area contributed by atoms with Gasteiger partial charge in [0.05, 0.1) is 12.2 Å². The van der Waals surface area contributed by atoms with Gasteiger partial charge in [0.15, 0.2) is 17.2 Å². The molecule has 1 aromatic heterocycles. The number of carbonyl (C=O) groups excluding carboxylic acids is 1. The summed E-state index contributed by atoms with van der Waals surface area (Å²) >= 11 is 0. The number of anilines is 1. The van der Waals surface area contributed by atoms with Crippen molar-refractivity contribution in [2.45, 2.75) is 19.4 Å². The van der Waals surface area contributed by atoms with Gasteiger partial charge in [-0.1, -0.05) is 0 Å². The molecule has 0 bridgehead atoms. The van der Waals surface area contributed by atoms with Crippen LogP contribution in [0.5, 0.6) is 5.75 Å². The largest absolute Gasteiger partial charge is 0.487 e. The highest BCUT2D eigenvalue weighted by molar-refractivity contribution is 6.02. The summed E-state index contributed by atoms with van der Waals surface area (Å²) in [5, 5.41) is 7.70. The highest BCUT2D eigenvalue weighted by Crippen LogP contribution is 2.38. The second-order valence-corrected chi connectivity index (χ2v) is 3.93. The van der Waals surface area contributed by atoms with Crippen molar-refractivity contribution in [2.24, 2.45) is 0 Å². The Labute approximate surface area is 87.1 Å². The third-order valence-electron chi connectivity index (χ3n) is 2.93. The van der Waals surface area contributed by atoms with Gasteiger partial charge in [-0.15, -0.1) is 5.10 Å². The molecule has 0 saturated heterocycles. The summed E-state index contributed by atoms with van der Waals surface area (Å²) in [6.45, 7) is 3.49. The summed E-state index contributed by atoms with van der Waals surface area (Å²) < 4.78 is 5.53. The molecule has 1 aromatic rings. The summed E-state index contributed by atoms with van der Waals surface area (Å²) in [4.78, 5) is 13.8. The van der Waals surface area contributed by atoms with E-state index in [1.807, 2.05) is 0 Å². The molecule has 78 valence electrons. The number of carbonyl (C=O) groups is 1. The smallest absolute Gasteiger partial charge is 0.187 e. The van der Waals surface area contributed by atoms with Crippen LogP contribution in [0.25, 0.3) is 0 Å². The maximum absolute atomic E-state index is 11.6. The molecular formula is C10H11N3O2. The molecule has 0 amide bonds. The van der Waals surface area contributed by atoms with Crippen LogP contribution >= 0.6 is 0 Å². The molecule has 1 atom stereocenters. The van der Waals surface area contributed by atoms with E-state index in [9.17, 15) is 4.79 Å². The molecule has 0 N–H and O–H groups in total. The molecule has 3 heterocycles. The van der Waals surface area contributed by atoms with E-state index in [1.54, 1.807) is 6.20 Å². The maximum Gasteiger partial charge on any atom is 0.187 e. The van der Waals surface area contributed by atoms with E-state index in [0.29, 0.717) is 30.5 Å². The first-order valence-electron chi connectivity index (χ1n) is 5.05. The molecule has 2 aliphatic rings. The summed E-state index contributed by atoms with van der Waals surface area (Å²) in [6.07, 6.45) is 2.10. The standard InChI is InChI=1S/C10H11N3O2/c1-6-5-15-8-4-11-12-9-7(14)2-3-13(6)10(8)9/h4,6H,2-3,5H2,1H3. The van der Waals surface area contributed by atoms with Crippen LogP contribution < -0.4 is 9.64 Å². The van der Waals surface area contributed by atoms with Crippen molar-refractivity contribution in [3.63, 3.8) is 0 Å². The van der Waals surface area contributed by atoms with Crippen molar-refractivity contribution in [2.75, 3.05) is 18.1 Å². The van der Waals surface area contributed by atoms with Gasteiger partial charge in [0.2, 0.25) is 0 Å². The number of aromatic nitrogens is 2. The van der Waals surface area contributed by atoms with Crippen molar-refractivity contribution < 1.29 is 9.53 Å². The van der Waals surface area contributed by atoms with E-state index in [4.69, 9.17) is 4.74 Å². The van der Waals surface area contributed by atoms with Crippen molar-refractivity contribution in [1.29, 1.82) is 0 Å². The lowest BCUT2D eigenvalue weighted by Crippen LogP contribution is -2.45. The first-order chi connectivity index (χ1) is 7.27.